The van der Waals surface area contributed by atoms with Crippen molar-refractivity contribution in [3.8, 4) is 0 Å². The van der Waals surface area contributed by atoms with Crippen molar-refractivity contribution in [2.75, 3.05) is 13.2 Å². The Kier molecular flexibility index (Phi) is 8.50. The largest absolute Gasteiger partial charge is 0.466 e. The van der Waals surface area contributed by atoms with Gasteiger partial charge in [0.15, 0.2) is 6.23 Å². The molecular formula is C9H16Cl3NO3. The summed E-state index contributed by atoms with van der Waals surface area (Å²) in [6, 6.07) is 0. The van der Waals surface area contributed by atoms with Crippen molar-refractivity contribution in [1.82, 2.24) is 5.32 Å². The van der Waals surface area contributed by atoms with E-state index in [0.717, 1.165) is 6.42 Å². The minimum Gasteiger partial charge on any atom is -0.466 e. The predicted molar refractivity (Wildman–Crippen MR) is 64.8 cm³/mol. The lowest BCUT2D eigenvalue weighted by Crippen LogP contribution is -2.40. The van der Waals surface area contributed by atoms with Crippen LogP contribution in [0.4, 0.5) is 0 Å². The summed E-state index contributed by atoms with van der Waals surface area (Å²) < 4.78 is 3.10. The Morgan fingerprint density at radius 1 is 1.50 bits per heavy atom. The van der Waals surface area contributed by atoms with Crippen LogP contribution in [0.5, 0.6) is 0 Å². The first-order valence-electron chi connectivity index (χ1n) is 5.01. The highest BCUT2D eigenvalue weighted by Gasteiger charge is 2.29. The van der Waals surface area contributed by atoms with Crippen molar-refractivity contribution in [3.05, 3.63) is 0 Å². The van der Waals surface area contributed by atoms with Gasteiger partial charge in [0.2, 0.25) is 3.79 Å². The number of halogens is 3. The fraction of sp³-hybridized carbons (Fsp3) is 0.889. The molecule has 0 rings (SSSR count). The second-order valence-electron chi connectivity index (χ2n) is 3.22. The van der Waals surface area contributed by atoms with Gasteiger partial charge in [0.05, 0.1) is 6.61 Å². The molecule has 0 aromatic carbocycles. The molecule has 4 nitrogen and oxygen atoms in total. The maximum Gasteiger partial charge on any atom is 0.305 e. The molecule has 1 unspecified atom stereocenters. The van der Waals surface area contributed by atoms with Gasteiger partial charge < -0.3 is 9.84 Å². The minimum absolute atomic E-state index is 0.257. The molecule has 16 heavy (non-hydrogen) atoms. The Hall–Kier alpha value is 0.260. The van der Waals surface area contributed by atoms with Gasteiger partial charge in [-0.25, -0.2) is 0 Å². The van der Waals surface area contributed by atoms with E-state index in [2.05, 4.69) is 5.32 Å². The highest BCUT2D eigenvalue weighted by Crippen LogP contribution is 2.28. The number of nitrogens with one attached hydrogen (secondary N) is 1. The first-order chi connectivity index (χ1) is 7.38. The minimum atomic E-state index is -1.76. The van der Waals surface area contributed by atoms with Crippen LogP contribution in [0.15, 0.2) is 0 Å². The van der Waals surface area contributed by atoms with E-state index >= 15 is 0 Å². The molecule has 2 N–H and O–H groups in total. The van der Waals surface area contributed by atoms with Crippen LogP contribution in [-0.4, -0.2) is 34.2 Å². The summed E-state index contributed by atoms with van der Waals surface area (Å²) in [4.78, 5) is 11.1. The number of aliphatic hydroxyl groups excluding tert-OH is 1. The van der Waals surface area contributed by atoms with Crippen molar-refractivity contribution in [3.63, 3.8) is 0 Å². The molecular weight excluding hydrogens is 276 g/mol. The molecule has 0 aliphatic rings. The standard InChI is InChI=1S/C9H16Cl3NO3/c1-2-6-16-7(14)4-3-5-13-8(15)9(10,11)12/h8,13,15H,2-6H2,1H3. The molecule has 0 spiro atoms. The molecule has 0 saturated carbocycles. The normalized spacial score (nSPS) is 13.6. The van der Waals surface area contributed by atoms with Crippen LogP contribution in [0.25, 0.3) is 0 Å². The SMILES string of the molecule is CCCOC(=O)CCCNC(O)C(Cl)(Cl)Cl. The van der Waals surface area contributed by atoms with Gasteiger partial charge >= 0.3 is 5.97 Å². The van der Waals surface area contributed by atoms with E-state index in [1.807, 2.05) is 6.92 Å². The quantitative estimate of drug-likeness (QED) is 0.326. The average Bonchev–Trinajstić information content (AvgIpc) is 2.19. The average molecular weight is 293 g/mol. The number of ether oxygens (including phenoxy) is 1. The van der Waals surface area contributed by atoms with Crippen LogP contribution in [0.3, 0.4) is 0 Å². The number of rotatable bonds is 7. The Morgan fingerprint density at radius 2 is 2.12 bits per heavy atom. The third-order valence-electron chi connectivity index (χ3n) is 1.67. The summed E-state index contributed by atoms with van der Waals surface area (Å²) >= 11 is 16.3. The molecule has 1 atom stereocenters. The van der Waals surface area contributed by atoms with Crippen LogP contribution in [-0.2, 0) is 9.53 Å². The van der Waals surface area contributed by atoms with E-state index < -0.39 is 10.0 Å². The molecule has 0 fully saturated rings. The summed E-state index contributed by atoms with van der Waals surface area (Å²) in [5.74, 6) is -0.257. The second-order valence-corrected chi connectivity index (χ2v) is 5.59. The lowest BCUT2D eigenvalue weighted by atomic mass is 10.3. The second kappa shape index (κ2) is 8.37. The van der Waals surface area contributed by atoms with Crippen LogP contribution in [0.2, 0.25) is 0 Å². The maximum absolute atomic E-state index is 11.1. The Bertz CT molecular complexity index is 209. The fourth-order valence-electron chi connectivity index (χ4n) is 0.875. The molecule has 0 amide bonds. The van der Waals surface area contributed by atoms with Gasteiger partial charge in [-0.3, -0.25) is 10.1 Å². The van der Waals surface area contributed by atoms with Crippen LogP contribution in [0.1, 0.15) is 26.2 Å². The van der Waals surface area contributed by atoms with E-state index in [-0.39, 0.29) is 12.4 Å². The Balaban J connectivity index is 3.50. The number of alkyl halides is 3. The van der Waals surface area contributed by atoms with Crippen molar-refractivity contribution >= 4 is 40.8 Å². The van der Waals surface area contributed by atoms with E-state index in [9.17, 15) is 9.90 Å². The van der Waals surface area contributed by atoms with E-state index in [0.29, 0.717) is 19.6 Å². The summed E-state index contributed by atoms with van der Waals surface area (Å²) in [6.07, 6.45) is 0.347. The third kappa shape index (κ3) is 8.42. The molecule has 7 heteroatoms. The van der Waals surface area contributed by atoms with Gasteiger partial charge in [-0.15, -0.1) is 0 Å². The molecule has 0 aliphatic heterocycles. The zero-order chi connectivity index (χ0) is 12.6. The molecule has 0 aromatic heterocycles. The molecule has 0 saturated heterocycles. The zero-order valence-electron chi connectivity index (χ0n) is 9.01. The van der Waals surface area contributed by atoms with Crippen molar-refractivity contribution in [2.45, 2.75) is 36.2 Å². The number of aliphatic hydroxyl groups is 1. The van der Waals surface area contributed by atoms with Crippen molar-refractivity contribution in [2.24, 2.45) is 0 Å². The Morgan fingerprint density at radius 3 is 2.62 bits per heavy atom. The highest BCUT2D eigenvalue weighted by atomic mass is 35.6. The van der Waals surface area contributed by atoms with E-state index in [1.165, 1.54) is 0 Å². The highest BCUT2D eigenvalue weighted by molar-refractivity contribution is 6.68. The fourth-order valence-corrected chi connectivity index (χ4v) is 1.11. The predicted octanol–water partition coefficient (Wildman–Crippen LogP) is 2.00. The van der Waals surface area contributed by atoms with Gasteiger partial charge in [0.1, 0.15) is 0 Å². The van der Waals surface area contributed by atoms with E-state index in [4.69, 9.17) is 39.5 Å². The zero-order valence-corrected chi connectivity index (χ0v) is 11.3. The summed E-state index contributed by atoms with van der Waals surface area (Å²) in [5, 5.41) is 11.9. The number of carbonyl (C=O) groups excluding carboxylic acids is 1. The lowest BCUT2D eigenvalue weighted by Gasteiger charge is -2.19. The van der Waals surface area contributed by atoms with Crippen molar-refractivity contribution in [1.29, 1.82) is 0 Å². The molecule has 0 aromatic rings. The van der Waals surface area contributed by atoms with Crippen molar-refractivity contribution < 1.29 is 14.6 Å². The first-order valence-corrected chi connectivity index (χ1v) is 6.15. The number of hydrogen-bond donors (Lipinski definition) is 2. The number of hydrogen-bond acceptors (Lipinski definition) is 4. The molecule has 0 radical (unpaired) electrons. The van der Waals surface area contributed by atoms with E-state index in [1.54, 1.807) is 0 Å². The summed E-state index contributed by atoms with van der Waals surface area (Å²) in [6.45, 7) is 2.73. The van der Waals surface area contributed by atoms with Gasteiger partial charge in [0, 0.05) is 6.42 Å². The molecule has 0 aliphatic carbocycles. The number of carbonyl (C=O) groups is 1. The van der Waals surface area contributed by atoms with Crippen LogP contribution >= 0.6 is 34.8 Å². The summed E-state index contributed by atoms with van der Waals surface area (Å²) in [7, 11) is 0. The van der Waals surface area contributed by atoms with Crippen LogP contribution < -0.4 is 5.32 Å². The smallest absolute Gasteiger partial charge is 0.305 e. The number of esters is 1. The molecule has 0 heterocycles. The molecule has 0 bridgehead atoms. The van der Waals surface area contributed by atoms with Gasteiger partial charge in [-0.1, -0.05) is 41.7 Å². The maximum atomic E-state index is 11.1. The Labute approximate surface area is 110 Å². The third-order valence-corrected chi connectivity index (χ3v) is 2.29. The van der Waals surface area contributed by atoms with Gasteiger partial charge in [0.25, 0.3) is 0 Å². The van der Waals surface area contributed by atoms with Crippen LogP contribution in [0, 0.1) is 0 Å². The summed E-state index contributed by atoms with van der Waals surface area (Å²) in [5.41, 5.74) is 0. The first kappa shape index (κ1) is 16.3. The topological polar surface area (TPSA) is 58.6 Å². The monoisotopic (exact) mass is 291 g/mol. The van der Waals surface area contributed by atoms with Gasteiger partial charge in [-0.2, -0.15) is 0 Å². The van der Waals surface area contributed by atoms with Gasteiger partial charge in [-0.05, 0) is 19.4 Å². The lowest BCUT2D eigenvalue weighted by molar-refractivity contribution is -0.143. The molecule has 96 valence electrons.